The van der Waals surface area contributed by atoms with Crippen molar-refractivity contribution in [3.8, 4) is 0 Å². The summed E-state index contributed by atoms with van der Waals surface area (Å²) in [6.45, 7) is 0.416. The third-order valence-corrected chi connectivity index (χ3v) is 6.38. The first-order chi connectivity index (χ1) is 16.0. The van der Waals surface area contributed by atoms with Gasteiger partial charge in [-0.1, -0.05) is 54.1 Å². The fraction of sp³-hybridized carbons (Fsp3) is 0.320. The first kappa shape index (κ1) is 22.9. The van der Waals surface area contributed by atoms with Crippen LogP contribution in [0.3, 0.4) is 0 Å². The Morgan fingerprint density at radius 1 is 0.939 bits per heavy atom. The average molecular weight is 467 g/mol. The van der Waals surface area contributed by atoms with Gasteiger partial charge in [0, 0.05) is 17.6 Å². The van der Waals surface area contributed by atoms with Gasteiger partial charge < -0.3 is 15.6 Å². The number of nitrogens with one attached hydrogen (secondary N) is 4. The van der Waals surface area contributed by atoms with E-state index in [1.54, 1.807) is 12.1 Å². The molecular formula is C25H27ClN4O3. The van der Waals surface area contributed by atoms with Crippen molar-refractivity contribution in [3.63, 3.8) is 0 Å². The number of halogens is 1. The molecule has 0 radical (unpaired) electrons. The summed E-state index contributed by atoms with van der Waals surface area (Å²) in [4.78, 5) is 41.9. The van der Waals surface area contributed by atoms with Gasteiger partial charge in [0.15, 0.2) is 0 Å². The molecule has 1 aromatic heterocycles. The van der Waals surface area contributed by atoms with E-state index in [-0.39, 0.29) is 17.4 Å². The number of anilines is 1. The Morgan fingerprint density at radius 3 is 2.33 bits per heavy atom. The molecule has 4 rings (SSSR count). The number of hydrogen-bond donors (Lipinski definition) is 4. The van der Waals surface area contributed by atoms with Crippen molar-refractivity contribution >= 4 is 23.2 Å². The second kappa shape index (κ2) is 10.5. The molecule has 0 saturated heterocycles. The SMILES string of the molecule is O=C(NC1CCC(c2ccccc2)CC1)c1[nH]c(=O)[nH]c(=O)c1NCCc1ccc(Cl)cc1. The maximum Gasteiger partial charge on any atom is 0.326 e. The highest BCUT2D eigenvalue weighted by atomic mass is 35.5. The number of H-pyrrole nitrogens is 2. The van der Waals surface area contributed by atoms with Gasteiger partial charge >= 0.3 is 5.69 Å². The largest absolute Gasteiger partial charge is 0.378 e. The number of amides is 1. The molecule has 2 aromatic carbocycles. The van der Waals surface area contributed by atoms with Crippen LogP contribution in [0, 0.1) is 0 Å². The summed E-state index contributed by atoms with van der Waals surface area (Å²) >= 11 is 5.91. The molecule has 33 heavy (non-hydrogen) atoms. The quantitative estimate of drug-likeness (QED) is 0.424. The van der Waals surface area contributed by atoms with Crippen LogP contribution in [0.4, 0.5) is 5.69 Å². The molecule has 1 heterocycles. The first-order valence-electron chi connectivity index (χ1n) is 11.2. The number of carbonyl (C=O) groups is 1. The number of aromatic amines is 2. The molecule has 0 spiro atoms. The van der Waals surface area contributed by atoms with Crippen molar-refractivity contribution in [2.45, 2.75) is 44.1 Å². The maximum absolute atomic E-state index is 13.0. The van der Waals surface area contributed by atoms with Gasteiger partial charge in [0.1, 0.15) is 11.4 Å². The van der Waals surface area contributed by atoms with Crippen molar-refractivity contribution in [1.82, 2.24) is 15.3 Å². The second-order valence-electron chi connectivity index (χ2n) is 8.39. The van der Waals surface area contributed by atoms with Crippen LogP contribution in [-0.4, -0.2) is 28.5 Å². The van der Waals surface area contributed by atoms with E-state index >= 15 is 0 Å². The van der Waals surface area contributed by atoms with Crippen LogP contribution >= 0.6 is 11.6 Å². The molecule has 1 aliphatic rings. The highest BCUT2D eigenvalue weighted by Crippen LogP contribution is 2.32. The van der Waals surface area contributed by atoms with Gasteiger partial charge in [-0.25, -0.2) is 4.79 Å². The van der Waals surface area contributed by atoms with Crippen LogP contribution in [0.2, 0.25) is 5.02 Å². The van der Waals surface area contributed by atoms with Crippen LogP contribution in [0.1, 0.15) is 53.2 Å². The van der Waals surface area contributed by atoms with Gasteiger partial charge in [-0.15, -0.1) is 0 Å². The molecule has 1 fully saturated rings. The Bertz CT molecular complexity index is 1200. The fourth-order valence-corrected chi connectivity index (χ4v) is 4.49. The summed E-state index contributed by atoms with van der Waals surface area (Å²) < 4.78 is 0. The predicted octanol–water partition coefficient (Wildman–Crippen LogP) is 3.83. The number of benzene rings is 2. The topological polar surface area (TPSA) is 107 Å². The third kappa shape index (κ3) is 5.93. The lowest BCUT2D eigenvalue weighted by molar-refractivity contribution is 0.0921. The van der Waals surface area contributed by atoms with Crippen molar-refractivity contribution in [2.24, 2.45) is 0 Å². The zero-order valence-electron chi connectivity index (χ0n) is 18.2. The minimum atomic E-state index is -0.707. The summed E-state index contributed by atoms with van der Waals surface area (Å²) in [5, 5.41) is 6.66. The van der Waals surface area contributed by atoms with Crippen molar-refractivity contribution in [2.75, 3.05) is 11.9 Å². The third-order valence-electron chi connectivity index (χ3n) is 6.13. The lowest BCUT2D eigenvalue weighted by Crippen LogP contribution is -2.40. The summed E-state index contributed by atoms with van der Waals surface area (Å²) in [6.07, 6.45) is 4.27. The molecule has 8 heteroatoms. The van der Waals surface area contributed by atoms with Crippen LogP contribution in [-0.2, 0) is 6.42 Å². The van der Waals surface area contributed by atoms with E-state index in [0.29, 0.717) is 23.9 Å². The number of rotatable bonds is 7. The molecule has 7 nitrogen and oxygen atoms in total. The van der Waals surface area contributed by atoms with Crippen molar-refractivity contribution in [1.29, 1.82) is 0 Å². The number of aromatic nitrogens is 2. The smallest absolute Gasteiger partial charge is 0.326 e. The molecule has 4 N–H and O–H groups in total. The minimum absolute atomic E-state index is 0.00201. The highest BCUT2D eigenvalue weighted by Gasteiger charge is 2.25. The fourth-order valence-electron chi connectivity index (χ4n) is 4.36. The maximum atomic E-state index is 13.0. The van der Waals surface area contributed by atoms with Gasteiger partial charge in [-0.05, 0) is 61.3 Å². The molecule has 0 aliphatic heterocycles. The Morgan fingerprint density at radius 2 is 1.64 bits per heavy atom. The molecule has 0 atom stereocenters. The Balaban J connectivity index is 1.39. The van der Waals surface area contributed by atoms with Crippen LogP contribution in [0.15, 0.2) is 64.2 Å². The van der Waals surface area contributed by atoms with E-state index in [9.17, 15) is 14.4 Å². The molecule has 1 amide bonds. The normalized spacial score (nSPS) is 18.0. The lowest BCUT2D eigenvalue weighted by Gasteiger charge is -2.29. The Labute approximate surface area is 196 Å². The molecule has 172 valence electrons. The first-order valence-corrected chi connectivity index (χ1v) is 11.6. The van der Waals surface area contributed by atoms with Gasteiger partial charge in [0.2, 0.25) is 0 Å². The predicted molar refractivity (Wildman–Crippen MR) is 130 cm³/mol. The molecule has 1 saturated carbocycles. The zero-order chi connectivity index (χ0) is 23.2. The van der Waals surface area contributed by atoms with Gasteiger partial charge in [0.25, 0.3) is 11.5 Å². The van der Waals surface area contributed by atoms with Gasteiger partial charge in [0.05, 0.1) is 0 Å². The summed E-state index contributed by atoms with van der Waals surface area (Å²) in [6, 6.07) is 17.8. The standard InChI is InChI=1S/C25H27ClN4O3/c26-19-10-6-16(7-11-19)14-15-27-21-22(29-25(33)30-23(21)31)24(32)28-20-12-8-18(9-13-20)17-4-2-1-3-5-17/h1-7,10-11,18,20,27H,8-9,12-15H2,(H,28,32)(H2,29,30,31,33). The van der Waals surface area contributed by atoms with Crippen LogP contribution in [0.5, 0.6) is 0 Å². The molecule has 3 aromatic rings. The molecule has 0 unspecified atom stereocenters. The minimum Gasteiger partial charge on any atom is -0.378 e. The monoisotopic (exact) mass is 466 g/mol. The zero-order valence-corrected chi connectivity index (χ0v) is 19.0. The lowest BCUT2D eigenvalue weighted by atomic mass is 9.82. The number of hydrogen-bond acceptors (Lipinski definition) is 4. The Hall–Kier alpha value is -3.32. The molecular weight excluding hydrogens is 440 g/mol. The van der Waals surface area contributed by atoms with E-state index in [1.807, 2.05) is 30.3 Å². The van der Waals surface area contributed by atoms with E-state index in [4.69, 9.17) is 11.6 Å². The van der Waals surface area contributed by atoms with Crippen molar-refractivity contribution < 1.29 is 4.79 Å². The summed E-state index contributed by atoms with van der Waals surface area (Å²) in [7, 11) is 0. The van der Waals surface area contributed by atoms with Gasteiger partial charge in [-0.2, -0.15) is 0 Å². The second-order valence-corrected chi connectivity index (χ2v) is 8.83. The van der Waals surface area contributed by atoms with Gasteiger partial charge in [-0.3, -0.25) is 14.6 Å². The summed E-state index contributed by atoms with van der Waals surface area (Å²) in [5.41, 5.74) is 1.07. The van der Waals surface area contributed by atoms with Crippen LogP contribution in [0.25, 0.3) is 0 Å². The number of carbonyl (C=O) groups excluding carboxylic acids is 1. The van der Waals surface area contributed by atoms with E-state index in [1.165, 1.54) is 5.56 Å². The molecule has 1 aliphatic carbocycles. The van der Waals surface area contributed by atoms with E-state index < -0.39 is 17.2 Å². The van der Waals surface area contributed by atoms with Crippen molar-refractivity contribution in [3.05, 3.63) is 97.3 Å². The summed E-state index contributed by atoms with van der Waals surface area (Å²) in [5.74, 6) is 0.0409. The average Bonchev–Trinajstić information content (AvgIpc) is 2.82. The Kier molecular flexibility index (Phi) is 7.29. The molecule has 0 bridgehead atoms. The van der Waals surface area contributed by atoms with E-state index in [2.05, 4.69) is 32.7 Å². The highest BCUT2D eigenvalue weighted by molar-refractivity contribution is 6.30. The van der Waals surface area contributed by atoms with E-state index in [0.717, 1.165) is 31.2 Å². The van der Waals surface area contributed by atoms with Crippen LogP contribution < -0.4 is 21.9 Å².